The van der Waals surface area contributed by atoms with Crippen LogP contribution in [0.4, 0.5) is 4.79 Å². The number of hydrogen-bond donors (Lipinski definition) is 1. The zero-order valence-electron chi connectivity index (χ0n) is 5.61. The summed E-state index contributed by atoms with van der Waals surface area (Å²) < 4.78 is 0. The second-order valence-corrected chi connectivity index (χ2v) is 1.76. The molecule has 0 aliphatic carbocycles. The molecule has 0 rings (SSSR count). The minimum atomic E-state index is -0.829. The topological polar surface area (TPSA) is 91.6 Å². The Kier molecular flexibility index (Phi) is 3.80. The number of amides is 2. The molecule has 5 heteroatoms. The quantitative estimate of drug-likeness (QED) is 0.575. The molecule has 0 aliphatic heterocycles. The van der Waals surface area contributed by atoms with Crippen LogP contribution in [-0.2, 0) is 0 Å². The molecule has 2 amide bonds. The minimum absolute atomic E-state index is 0.247. The van der Waals surface area contributed by atoms with Crippen LogP contribution in [0.5, 0.6) is 0 Å². The third-order valence-corrected chi connectivity index (χ3v) is 0.740. The van der Waals surface area contributed by atoms with E-state index in [9.17, 15) is 4.79 Å². The molecular formula is C5H8N4O. The first-order chi connectivity index (χ1) is 4.66. The molecule has 0 saturated carbocycles. The predicted molar refractivity (Wildman–Crippen MR) is 34.1 cm³/mol. The number of rotatable bonds is 2. The summed E-state index contributed by atoms with van der Waals surface area (Å²) in [7, 11) is 0. The third kappa shape index (κ3) is 4.71. The lowest BCUT2D eigenvalue weighted by molar-refractivity contribution is 0.255. The minimum Gasteiger partial charge on any atom is -0.348 e. The number of hydrogen-bond acceptors (Lipinski definition) is 3. The van der Waals surface area contributed by atoms with Crippen molar-refractivity contribution in [3.63, 3.8) is 0 Å². The number of carbonyl (C=O) groups is 1. The fourth-order valence-electron chi connectivity index (χ4n) is 0.328. The highest BCUT2D eigenvalue weighted by Gasteiger charge is 1.96. The molecule has 0 aliphatic rings. The second kappa shape index (κ2) is 4.44. The van der Waals surface area contributed by atoms with E-state index in [1.54, 1.807) is 6.92 Å². The van der Waals surface area contributed by atoms with Crippen molar-refractivity contribution in [3.8, 4) is 6.07 Å². The Hall–Kier alpha value is -1.44. The molecule has 0 fully saturated rings. The van der Waals surface area contributed by atoms with Crippen LogP contribution in [0.15, 0.2) is 10.2 Å². The van der Waals surface area contributed by atoms with Crippen LogP contribution in [0.1, 0.15) is 13.3 Å². The first-order valence-corrected chi connectivity index (χ1v) is 2.74. The van der Waals surface area contributed by atoms with Crippen LogP contribution in [0.3, 0.4) is 0 Å². The predicted octanol–water partition coefficient (Wildman–Crippen LogP) is 0.819. The summed E-state index contributed by atoms with van der Waals surface area (Å²) in [6.45, 7) is 1.68. The molecule has 54 valence electrons. The Balaban J connectivity index is 3.68. The van der Waals surface area contributed by atoms with E-state index in [1.807, 2.05) is 6.07 Å². The van der Waals surface area contributed by atoms with Gasteiger partial charge in [0, 0.05) is 0 Å². The Bertz CT molecular complexity index is 181. The zero-order valence-corrected chi connectivity index (χ0v) is 5.61. The van der Waals surface area contributed by atoms with Crippen LogP contribution in [-0.4, -0.2) is 12.1 Å². The van der Waals surface area contributed by atoms with E-state index in [1.165, 1.54) is 0 Å². The van der Waals surface area contributed by atoms with Crippen LogP contribution in [0, 0.1) is 11.3 Å². The van der Waals surface area contributed by atoms with Gasteiger partial charge in [0.25, 0.3) is 0 Å². The molecule has 1 atom stereocenters. The number of urea groups is 1. The van der Waals surface area contributed by atoms with E-state index in [-0.39, 0.29) is 12.5 Å². The van der Waals surface area contributed by atoms with Gasteiger partial charge in [-0.3, -0.25) is 0 Å². The van der Waals surface area contributed by atoms with Gasteiger partial charge in [0.1, 0.15) is 0 Å². The van der Waals surface area contributed by atoms with Gasteiger partial charge in [0.2, 0.25) is 0 Å². The number of primary amides is 1. The van der Waals surface area contributed by atoms with Gasteiger partial charge >= 0.3 is 6.03 Å². The average molecular weight is 140 g/mol. The Morgan fingerprint density at radius 1 is 1.90 bits per heavy atom. The van der Waals surface area contributed by atoms with E-state index in [0.717, 1.165) is 0 Å². The van der Waals surface area contributed by atoms with Gasteiger partial charge in [0.05, 0.1) is 18.5 Å². The first kappa shape index (κ1) is 8.56. The second-order valence-electron chi connectivity index (χ2n) is 1.76. The molecule has 0 radical (unpaired) electrons. The largest absolute Gasteiger partial charge is 0.356 e. The highest BCUT2D eigenvalue weighted by Crippen LogP contribution is 1.94. The fourth-order valence-corrected chi connectivity index (χ4v) is 0.328. The molecule has 1 unspecified atom stereocenters. The molecule has 2 N–H and O–H groups in total. The SMILES string of the molecule is CC(CC#N)N=NC(N)=O. The molecule has 0 aromatic rings. The van der Waals surface area contributed by atoms with E-state index in [2.05, 4.69) is 16.0 Å². The fraction of sp³-hybridized carbons (Fsp3) is 0.600. The van der Waals surface area contributed by atoms with E-state index >= 15 is 0 Å². The summed E-state index contributed by atoms with van der Waals surface area (Å²) in [4.78, 5) is 9.99. The summed E-state index contributed by atoms with van der Waals surface area (Å²) in [5.74, 6) is 0. The molecular weight excluding hydrogens is 132 g/mol. The van der Waals surface area contributed by atoms with Crippen molar-refractivity contribution in [2.24, 2.45) is 16.0 Å². The van der Waals surface area contributed by atoms with Crippen LogP contribution >= 0.6 is 0 Å². The third-order valence-electron chi connectivity index (χ3n) is 0.740. The normalized spacial score (nSPS) is 12.8. The molecule has 0 aromatic carbocycles. The molecule has 0 saturated heterocycles. The van der Waals surface area contributed by atoms with Crippen molar-refractivity contribution in [3.05, 3.63) is 0 Å². The highest BCUT2D eigenvalue weighted by atomic mass is 16.2. The number of nitrogens with zero attached hydrogens (tertiary/aromatic N) is 3. The number of nitrogens with two attached hydrogens (primary N) is 1. The summed E-state index contributed by atoms with van der Waals surface area (Å²) in [6.07, 6.45) is 0.247. The number of azo groups is 1. The molecule has 0 heterocycles. The molecule has 5 nitrogen and oxygen atoms in total. The van der Waals surface area contributed by atoms with Gasteiger partial charge in [-0.2, -0.15) is 10.4 Å². The standard InChI is InChI=1S/C5H8N4O/c1-4(2-3-6)8-9-5(7)10/h4H,2H2,1H3,(H2,7,10). The average Bonchev–Trinajstić information content (AvgIpc) is 1.85. The van der Waals surface area contributed by atoms with E-state index < -0.39 is 6.03 Å². The van der Waals surface area contributed by atoms with Gasteiger partial charge in [-0.1, -0.05) is 5.11 Å². The summed E-state index contributed by atoms with van der Waals surface area (Å²) in [6, 6.07) is 0.804. The zero-order chi connectivity index (χ0) is 7.98. The van der Waals surface area contributed by atoms with Crippen molar-refractivity contribution in [2.75, 3.05) is 0 Å². The molecule has 0 bridgehead atoms. The lowest BCUT2D eigenvalue weighted by Gasteiger charge is -1.92. The monoisotopic (exact) mass is 140 g/mol. The van der Waals surface area contributed by atoms with Gasteiger partial charge < -0.3 is 5.73 Å². The van der Waals surface area contributed by atoms with Gasteiger partial charge in [-0.15, -0.1) is 0 Å². The van der Waals surface area contributed by atoms with Crippen molar-refractivity contribution < 1.29 is 4.79 Å². The summed E-state index contributed by atoms with van der Waals surface area (Å²) >= 11 is 0. The van der Waals surface area contributed by atoms with Crippen LogP contribution in [0.25, 0.3) is 0 Å². The van der Waals surface area contributed by atoms with Crippen LogP contribution < -0.4 is 5.73 Å². The number of carbonyl (C=O) groups excluding carboxylic acids is 1. The summed E-state index contributed by atoms with van der Waals surface area (Å²) in [5, 5.41) is 14.6. The number of nitriles is 1. The Morgan fingerprint density at radius 2 is 2.50 bits per heavy atom. The van der Waals surface area contributed by atoms with Gasteiger partial charge in [0.15, 0.2) is 0 Å². The molecule has 0 spiro atoms. The van der Waals surface area contributed by atoms with E-state index in [0.29, 0.717) is 0 Å². The Labute approximate surface area is 58.5 Å². The summed E-state index contributed by atoms with van der Waals surface area (Å²) in [5.41, 5.74) is 4.65. The molecule has 0 aromatic heterocycles. The van der Waals surface area contributed by atoms with Gasteiger partial charge in [-0.05, 0) is 6.92 Å². The maximum absolute atomic E-state index is 9.99. The van der Waals surface area contributed by atoms with Crippen molar-refractivity contribution in [1.82, 2.24) is 0 Å². The maximum atomic E-state index is 9.99. The van der Waals surface area contributed by atoms with Crippen molar-refractivity contribution in [1.29, 1.82) is 5.26 Å². The smallest absolute Gasteiger partial charge is 0.348 e. The van der Waals surface area contributed by atoms with E-state index in [4.69, 9.17) is 5.26 Å². The highest BCUT2D eigenvalue weighted by molar-refractivity contribution is 5.71. The van der Waals surface area contributed by atoms with Gasteiger partial charge in [-0.25, -0.2) is 4.79 Å². The lowest BCUT2D eigenvalue weighted by atomic mass is 10.3. The lowest BCUT2D eigenvalue weighted by Crippen LogP contribution is -2.04. The Morgan fingerprint density at radius 3 is 2.90 bits per heavy atom. The maximum Gasteiger partial charge on any atom is 0.356 e. The first-order valence-electron chi connectivity index (χ1n) is 2.74. The van der Waals surface area contributed by atoms with Crippen molar-refractivity contribution >= 4 is 6.03 Å². The molecule has 10 heavy (non-hydrogen) atoms. The van der Waals surface area contributed by atoms with Crippen LogP contribution in [0.2, 0.25) is 0 Å². The van der Waals surface area contributed by atoms with Crippen molar-refractivity contribution in [2.45, 2.75) is 19.4 Å².